The Kier molecular flexibility index (Phi) is 4.26. The molecule has 6 heteroatoms. The molecule has 0 spiro atoms. The molecule has 0 saturated heterocycles. The number of thiazole rings is 1. The summed E-state index contributed by atoms with van der Waals surface area (Å²) in [5, 5.41) is 1.69. The predicted molar refractivity (Wildman–Crippen MR) is 104 cm³/mol. The van der Waals surface area contributed by atoms with Gasteiger partial charge in [-0.15, -0.1) is 11.3 Å². The molecule has 124 valence electrons. The Labute approximate surface area is 154 Å². The van der Waals surface area contributed by atoms with Crippen LogP contribution in [0.2, 0.25) is 5.02 Å². The van der Waals surface area contributed by atoms with Gasteiger partial charge in [0.25, 0.3) is 0 Å². The zero-order valence-electron chi connectivity index (χ0n) is 13.3. The van der Waals surface area contributed by atoms with Gasteiger partial charge in [0.1, 0.15) is 5.01 Å². The van der Waals surface area contributed by atoms with Gasteiger partial charge in [-0.1, -0.05) is 35.9 Å². The number of hydrogen-bond acceptors (Lipinski definition) is 4. The molecule has 0 unspecified atom stereocenters. The standard InChI is InChI=1S/C19H15ClN4S/c20-15-5-1-14(2-6-15)19-23-17(11-24-10-9-22-12-24)18(25-19)13-3-7-16(21)8-4-13/h1-10,12H,11,21H2. The predicted octanol–water partition coefficient (Wildman–Crippen LogP) is 4.96. The molecule has 2 aromatic carbocycles. The lowest BCUT2D eigenvalue weighted by Gasteiger charge is -2.04. The summed E-state index contributed by atoms with van der Waals surface area (Å²) < 4.78 is 2.02. The van der Waals surface area contributed by atoms with Gasteiger partial charge in [0.15, 0.2) is 0 Å². The normalized spacial score (nSPS) is 10.9. The molecule has 0 bridgehead atoms. The topological polar surface area (TPSA) is 56.7 Å². The van der Waals surface area contributed by atoms with Crippen LogP contribution in [0.4, 0.5) is 5.69 Å². The maximum Gasteiger partial charge on any atom is 0.124 e. The zero-order valence-corrected chi connectivity index (χ0v) is 14.8. The van der Waals surface area contributed by atoms with Gasteiger partial charge in [0, 0.05) is 28.7 Å². The maximum absolute atomic E-state index is 6.00. The Morgan fingerprint density at radius 3 is 2.40 bits per heavy atom. The summed E-state index contributed by atoms with van der Waals surface area (Å²) in [5.74, 6) is 0. The molecule has 4 rings (SSSR count). The van der Waals surface area contributed by atoms with Crippen molar-refractivity contribution in [2.45, 2.75) is 6.54 Å². The first-order valence-electron chi connectivity index (χ1n) is 7.76. The monoisotopic (exact) mass is 366 g/mol. The number of halogens is 1. The fraction of sp³-hybridized carbons (Fsp3) is 0.0526. The van der Waals surface area contributed by atoms with Crippen LogP contribution in [-0.2, 0) is 6.54 Å². The van der Waals surface area contributed by atoms with Crippen molar-refractivity contribution in [2.75, 3.05) is 5.73 Å². The Morgan fingerprint density at radius 2 is 1.72 bits per heavy atom. The molecule has 0 amide bonds. The van der Waals surface area contributed by atoms with Crippen molar-refractivity contribution in [1.29, 1.82) is 0 Å². The number of nitrogen functional groups attached to an aromatic ring is 1. The third kappa shape index (κ3) is 3.43. The SMILES string of the molecule is Nc1ccc(-c2sc(-c3ccc(Cl)cc3)nc2Cn2ccnc2)cc1. The summed E-state index contributed by atoms with van der Waals surface area (Å²) in [6.07, 6.45) is 5.51. The average molecular weight is 367 g/mol. The van der Waals surface area contributed by atoms with Crippen molar-refractivity contribution in [1.82, 2.24) is 14.5 Å². The van der Waals surface area contributed by atoms with Crippen LogP contribution in [0.15, 0.2) is 67.3 Å². The van der Waals surface area contributed by atoms with E-state index in [1.54, 1.807) is 23.9 Å². The summed E-state index contributed by atoms with van der Waals surface area (Å²) >= 11 is 7.67. The third-order valence-corrected chi connectivity index (χ3v) is 5.30. The van der Waals surface area contributed by atoms with E-state index in [9.17, 15) is 0 Å². The fourth-order valence-electron chi connectivity index (χ4n) is 2.59. The zero-order chi connectivity index (χ0) is 17.2. The summed E-state index contributed by atoms with van der Waals surface area (Å²) in [7, 11) is 0. The van der Waals surface area contributed by atoms with Crippen LogP contribution < -0.4 is 5.73 Å². The molecule has 2 aromatic heterocycles. The van der Waals surface area contributed by atoms with Crippen molar-refractivity contribution in [2.24, 2.45) is 0 Å². The van der Waals surface area contributed by atoms with Crippen molar-refractivity contribution < 1.29 is 0 Å². The average Bonchev–Trinajstić information content (AvgIpc) is 3.27. The smallest absolute Gasteiger partial charge is 0.124 e. The summed E-state index contributed by atoms with van der Waals surface area (Å²) in [4.78, 5) is 10.1. The number of nitrogens with zero attached hydrogens (tertiary/aromatic N) is 3. The van der Waals surface area contributed by atoms with E-state index in [1.165, 1.54) is 0 Å². The minimum Gasteiger partial charge on any atom is -0.399 e. The molecule has 25 heavy (non-hydrogen) atoms. The van der Waals surface area contributed by atoms with Crippen LogP contribution in [0.1, 0.15) is 5.69 Å². The van der Waals surface area contributed by atoms with Gasteiger partial charge in [-0.05, 0) is 29.8 Å². The van der Waals surface area contributed by atoms with E-state index < -0.39 is 0 Å². The van der Waals surface area contributed by atoms with E-state index in [4.69, 9.17) is 22.3 Å². The van der Waals surface area contributed by atoms with Crippen LogP contribution >= 0.6 is 22.9 Å². The second kappa shape index (κ2) is 6.70. The molecule has 0 aliphatic rings. The van der Waals surface area contributed by atoms with Crippen molar-refractivity contribution >= 4 is 28.6 Å². The highest BCUT2D eigenvalue weighted by Crippen LogP contribution is 2.36. The first-order valence-corrected chi connectivity index (χ1v) is 8.96. The molecule has 0 saturated carbocycles. The Bertz CT molecular complexity index is 973. The van der Waals surface area contributed by atoms with Crippen LogP contribution in [0.3, 0.4) is 0 Å². The Balaban J connectivity index is 1.79. The largest absolute Gasteiger partial charge is 0.399 e. The highest BCUT2D eigenvalue weighted by molar-refractivity contribution is 7.18. The number of aromatic nitrogens is 3. The number of benzene rings is 2. The first kappa shape index (κ1) is 15.9. The van der Waals surface area contributed by atoms with Crippen molar-refractivity contribution in [3.63, 3.8) is 0 Å². The van der Waals surface area contributed by atoms with E-state index in [0.29, 0.717) is 6.54 Å². The van der Waals surface area contributed by atoms with Gasteiger partial charge in [-0.2, -0.15) is 0 Å². The van der Waals surface area contributed by atoms with E-state index in [1.807, 2.05) is 59.3 Å². The van der Waals surface area contributed by atoms with Crippen molar-refractivity contribution in [3.05, 3.63) is 78.0 Å². The minimum atomic E-state index is 0.670. The quantitative estimate of drug-likeness (QED) is 0.519. The van der Waals surface area contributed by atoms with Gasteiger partial charge in [0.05, 0.1) is 23.4 Å². The van der Waals surface area contributed by atoms with Gasteiger partial charge < -0.3 is 10.3 Å². The maximum atomic E-state index is 6.00. The highest BCUT2D eigenvalue weighted by atomic mass is 35.5. The lowest BCUT2D eigenvalue weighted by Crippen LogP contribution is -1.98. The molecule has 2 N–H and O–H groups in total. The van der Waals surface area contributed by atoms with E-state index >= 15 is 0 Å². The van der Waals surface area contributed by atoms with Crippen LogP contribution in [0.5, 0.6) is 0 Å². The van der Waals surface area contributed by atoms with Crippen LogP contribution in [0.25, 0.3) is 21.0 Å². The second-order valence-electron chi connectivity index (χ2n) is 5.66. The van der Waals surface area contributed by atoms with Gasteiger partial charge in [0.2, 0.25) is 0 Å². The molecule has 4 nitrogen and oxygen atoms in total. The molecule has 4 aromatic rings. The summed E-state index contributed by atoms with van der Waals surface area (Å²) in [6, 6.07) is 15.7. The van der Waals surface area contributed by atoms with Crippen molar-refractivity contribution in [3.8, 4) is 21.0 Å². The van der Waals surface area contributed by atoms with Crippen LogP contribution in [0, 0.1) is 0 Å². The molecular formula is C19H15ClN4S. The minimum absolute atomic E-state index is 0.670. The van der Waals surface area contributed by atoms with E-state index in [0.717, 1.165) is 37.4 Å². The summed E-state index contributed by atoms with van der Waals surface area (Å²) in [5.41, 5.74) is 9.76. The number of imidazole rings is 1. The van der Waals surface area contributed by atoms with Gasteiger partial charge in [-0.25, -0.2) is 9.97 Å². The first-order chi connectivity index (χ1) is 12.2. The van der Waals surface area contributed by atoms with E-state index in [-0.39, 0.29) is 0 Å². The number of rotatable bonds is 4. The lowest BCUT2D eigenvalue weighted by molar-refractivity contribution is 0.781. The second-order valence-corrected chi connectivity index (χ2v) is 7.09. The molecule has 0 radical (unpaired) electrons. The number of anilines is 1. The molecule has 0 aliphatic carbocycles. The van der Waals surface area contributed by atoms with E-state index in [2.05, 4.69) is 4.98 Å². The Morgan fingerprint density at radius 1 is 1.00 bits per heavy atom. The molecule has 0 atom stereocenters. The number of hydrogen-bond donors (Lipinski definition) is 1. The highest BCUT2D eigenvalue weighted by Gasteiger charge is 2.15. The lowest BCUT2D eigenvalue weighted by atomic mass is 10.1. The number of nitrogens with two attached hydrogens (primary N) is 1. The molecule has 2 heterocycles. The van der Waals surface area contributed by atoms with Gasteiger partial charge in [-0.3, -0.25) is 0 Å². The molecular weight excluding hydrogens is 352 g/mol. The molecule has 0 fully saturated rings. The van der Waals surface area contributed by atoms with Gasteiger partial charge >= 0.3 is 0 Å². The fourth-order valence-corrected chi connectivity index (χ4v) is 3.80. The third-order valence-electron chi connectivity index (χ3n) is 3.85. The Hall–Kier alpha value is -2.63. The molecule has 0 aliphatic heterocycles. The van der Waals surface area contributed by atoms with Crippen LogP contribution in [-0.4, -0.2) is 14.5 Å². The summed E-state index contributed by atoms with van der Waals surface area (Å²) in [6.45, 7) is 0.670.